The molecule has 1 aromatic rings. The molecule has 3 N–H and O–H groups in total. The number of carbonyl (C=O) groups is 4. The second-order valence-corrected chi connectivity index (χ2v) is 11.9. The third-order valence-electron chi connectivity index (χ3n) is 7.68. The number of alkyl carbamates (subject to hydrolysis) is 1. The zero-order valence-corrected chi connectivity index (χ0v) is 24.0. The molecule has 0 spiro atoms. The second kappa shape index (κ2) is 12.3. The molecule has 4 rings (SSSR count). The Balaban J connectivity index is 1.55. The summed E-state index contributed by atoms with van der Waals surface area (Å²) in [5, 5.41) is 8.72. The Hall–Kier alpha value is -3.56. The van der Waals surface area contributed by atoms with Gasteiger partial charge in [0, 0.05) is 12.5 Å². The van der Waals surface area contributed by atoms with Crippen LogP contribution in [0.15, 0.2) is 36.4 Å². The highest BCUT2D eigenvalue weighted by molar-refractivity contribution is 6.05. The Kier molecular flexibility index (Phi) is 9.05. The number of hydrogen-bond donors (Lipinski definition) is 3. The van der Waals surface area contributed by atoms with Crippen LogP contribution in [-0.2, 0) is 19.1 Å². The number of rotatable bonds is 4. The monoisotopic (exact) mass is 554 g/mol. The molecule has 0 radical (unpaired) electrons. The van der Waals surface area contributed by atoms with Gasteiger partial charge >= 0.3 is 6.09 Å². The molecule has 0 aromatic heterocycles. The maximum Gasteiger partial charge on any atom is 0.408 e. The summed E-state index contributed by atoms with van der Waals surface area (Å²) in [5.41, 5.74) is -1.28. The van der Waals surface area contributed by atoms with Gasteiger partial charge in [-0.2, -0.15) is 0 Å². The number of carbonyl (C=O) groups excluding carboxylic acids is 4. The van der Waals surface area contributed by atoms with Gasteiger partial charge in [0.1, 0.15) is 29.0 Å². The van der Waals surface area contributed by atoms with Crippen molar-refractivity contribution in [3.63, 3.8) is 0 Å². The molecule has 40 heavy (non-hydrogen) atoms. The summed E-state index contributed by atoms with van der Waals surface area (Å²) in [6, 6.07) is 5.62. The SMILES string of the molecule is COc1ccccc1NC(=O)[C@@]12C[C@H]1C=CCCCCC[C@H](NC(=O)OC(C)(C)C)C(=O)N1CCC[C@H]1C(=O)N2. The van der Waals surface area contributed by atoms with E-state index in [2.05, 4.69) is 22.0 Å². The highest BCUT2D eigenvalue weighted by Crippen LogP contribution is 2.46. The molecule has 1 saturated heterocycles. The van der Waals surface area contributed by atoms with Crippen molar-refractivity contribution in [3.05, 3.63) is 36.4 Å². The van der Waals surface area contributed by atoms with E-state index in [1.165, 1.54) is 7.11 Å². The van der Waals surface area contributed by atoms with Gasteiger partial charge in [-0.05, 0) is 71.4 Å². The zero-order valence-electron chi connectivity index (χ0n) is 24.0. The van der Waals surface area contributed by atoms with Crippen LogP contribution >= 0.6 is 0 Å². The van der Waals surface area contributed by atoms with Gasteiger partial charge < -0.3 is 30.3 Å². The van der Waals surface area contributed by atoms with Crippen molar-refractivity contribution >= 4 is 29.5 Å². The van der Waals surface area contributed by atoms with E-state index >= 15 is 0 Å². The fourth-order valence-electron chi connectivity index (χ4n) is 5.53. The summed E-state index contributed by atoms with van der Waals surface area (Å²) in [6.07, 6.45) is 8.88. The van der Waals surface area contributed by atoms with Crippen LogP contribution in [0.1, 0.15) is 72.1 Å². The minimum absolute atomic E-state index is 0.150. The van der Waals surface area contributed by atoms with E-state index in [1.54, 1.807) is 43.9 Å². The van der Waals surface area contributed by atoms with E-state index in [1.807, 2.05) is 12.1 Å². The molecule has 4 amide bonds. The van der Waals surface area contributed by atoms with Crippen LogP contribution in [0.2, 0.25) is 0 Å². The summed E-state index contributed by atoms with van der Waals surface area (Å²) in [7, 11) is 1.54. The zero-order chi connectivity index (χ0) is 28.9. The van der Waals surface area contributed by atoms with E-state index in [4.69, 9.17) is 9.47 Å². The lowest BCUT2D eigenvalue weighted by molar-refractivity contribution is -0.141. The maximum atomic E-state index is 13.7. The largest absolute Gasteiger partial charge is 0.495 e. The molecule has 1 saturated carbocycles. The number of allylic oxidation sites excluding steroid dienone is 1. The molecule has 4 atom stereocenters. The van der Waals surface area contributed by atoms with Gasteiger partial charge in [-0.1, -0.05) is 37.1 Å². The van der Waals surface area contributed by atoms with Crippen molar-refractivity contribution in [2.24, 2.45) is 5.92 Å². The van der Waals surface area contributed by atoms with E-state index in [0.29, 0.717) is 43.7 Å². The van der Waals surface area contributed by atoms with Gasteiger partial charge in [-0.15, -0.1) is 0 Å². The van der Waals surface area contributed by atoms with Gasteiger partial charge in [0.15, 0.2) is 0 Å². The lowest BCUT2D eigenvalue weighted by Gasteiger charge is -2.30. The maximum absolute atomic E-state index is 13.7. The fourth-order valence-corrected chi connectivity index (χ4v) is 5.53. The number of nitrogens with zero attached hydrogens (tertiary/aromatic N) is 1. The van der Waals surface area contributed by atoms with Gasteiger partial charge in [-0.3, -0.25) is 14.4 Å². The van der Waals surface area contributed by atoms with Crippen LogP contribution in [0.25, 0.3) is 0 Å². The first-order valence-corrected chi connectivity index (χ1v) is 14.3. The van der Waals surface area contributed by atoms with Crippen LogP contribution in [0.4, 0.5) is 10.5 Å². The number of ether oxygens (including phenoxy) is 2. The normalized spacial score (nSPS) is 27.3. The van der Waals surface area contributed by atoms with Crippen molar-refractivity contribution in [1.82, 2.24) is 15.5 Å². The summed E-state index contributed by atoms with van der Waals surface area (Å²) < 4.78 is 10.8. The molecule has 218 valence electrons. The summed E-state index contributed by atoms with van der Waals surface area (Å²) in [4.78, 5) is 55.1. The predicted molar refractivity (Wildman–Crippen MR) is 151 cm³/mol. The van der Waals surface area contributed by atoms with E-state index < -0.39 is 29.3 Å². The number of para-hydroxylation sites is 2. The van der Waals surface area contributed by atoms with Crippen LogP contribution < -0.4 is 20.7 Å². The fraction of sp³-hybridized carbons (Fsp3) is 0.600. The molecule has 2 aliphatic heterocycles. The number of hydrogen-bond acceptors (Lipinski definition) is 6. The third kappa shape index (κ3) is 6.95. The number of fused-ring (bicyclic) bond motifs is 2. The number of nitrogens with one attached hydrogen (secondary N) is 3. The molecule has 0 unspecified atom stereocenters. The number of benzene rings is 1. The smallest absolute Gasteiger partial charge is 0.408 e. The van der Waals surface area contributed by atoms with Gasteiger partial charge in [-0.25, -0.2) is 4.79 Å². The number of methoxy groups -OCH3 is 1. The lowest BCUT2D eigenvalue weighted by Crippen LogP contribution is -2.57. The first-order valence-electron chi connectivity index (χ1n) is 14.3. The third-order valence-corrected chi connectivity index (χ3v) is 7.68. The predicted octanol–water partition coefficient (Wildman–Crippen LogP) is 3.91. The molecule has 3 aliphatic rings. The van der Waals surface area contributed by atoms with Gasteiger partial charge in [0.05, 0.1) is 12.8 Å². The molecule has 2 heterocycles. The van der Waals surface area contributed by atoms with Crippen molar-refractivity contribution in [2.45, 2.75) is 95.4 Å². The highest BCUT2D eigenvalue weighted by atomic mass is 16.6. The van der Waals surface area contributed by atoms with Crippen LogP contribution in [-0.4, -0.2) is 65.6 Å². The van der Waals surface area contributed by atoms with E-state index in [0.717, 1.165) is 25.7 Å². The Morgan fingerprint density at radius 2 is 1.85 bits per heavy atom. The molecular weight excluding hydrogens is 512 g/mol. The molecule has 2 fully saturated rings. The quantitative estimate of drug-likeness (QED) is 0.485. The Morgan fingerprint density at radius 3 is 2.60 bits per heavy atom. The van der Waals surface area contributed by atoms with Crippen LogP contribution in [0.3, 0.4) is 0 Å². The molecule has 0 bridgehead atoms. The molecular formula is C30H42N4O6. The van der Waals surface area contributed by atoms with Crippen LogP contribution in [0, 0.1) is 5.92 Å². The summed E-state index contributed by atoms with van der Waals surface area (Å²) >= 11 is 0. The van der Waals surface area contributed by atoms with Crippen molar-refractivity contribution in [3.8, 4) is 5.75 Å². The van der Waals surface area contributed by atoms with Gasteiger partial charge in [0.25, 0.3) is 5.91 Å². The minimum atomic E-state index is -1.11. The Morgan fingerprint density at radius 1 is 1.07 bits per heavy atom. The number of amides is 4. The minimum Gasteiger partial charge on any atom is -0.495 e. The lowest BCUT2D eigenvalue weighted by atomic mass is 10.0. The molecule has 10 nitrogen and oxygen atoms in total. The van der Waals surface area contributed by atoms with Crippen molar-refractivity contribution in [1.29, 1.82) is 0 Å². The van der Waals surface area contributed by atoms with Crippen molar-refractivity contribution < 1.29 is 28.7 Å². The van der Waals surface area contributed by atoms with Crippen LogP contribution in [0.5, 0.6) is 5.75 Å². The van der Waals surface area contributed by atoms with E-state index in [-0.39, 0.29) is 23.6 Å². The second-order valence-electron chi connectivity index (χ2n) is 11.9. The molecule has 1 aliphatic carbocycles. The first kappa shape index (κ1) is 29.4. The topological polar surface area (TPSA) is 126 Å². The average molecular weight is 555 g/mol. The average Bonchev–Trinajstić information content (AvgIpc) is 3.36. The summed E-state index contributed by atoms with van der Waals surface area (Å²) in [6.45, 7) is 5.71. The Labute approximate surface area is 236 Å². The Bertz CT molecular complexity index is 1150. The standard InChI is InChI=1S/C30H42N4O6/c1-29(2,3)40-28(38)32-22-15-9-7-5-6-8-13-20-19-30(20,27(37)31-21-14-10-11-17-24(21)39-4)33-25(35)23-16-12-18-34(23)26(22)36/h8,10-11,13-14,17,20,22-23H,5-7,9,12,15-16,18-19H2,1-4H3,(H,31,37)(H,32,38)(H,33,35)/t20-,22+,23+,30-/m1/s1. The molecule has 10 heteroatoms. The first-order chi connectivity index (χ1) is 19.0. The highest BCUT2D eigenvalue weighted by Gasteiger charge is 2.60. The summed E-state index contributed by atoms with van der Waals surface area (Å²) in [5.74, 6) is -0.591. The number of anilines is 1. The van der Waals surface area contributed by atoms with Crippen molar-refractivity contribution in [2.75, 3.05) is 19.0 Å². The van der Waals surface area contributed by atoms with Gasteiger partial charge in [0.2, 0.25) is 11.8 Å². The molecule has 1 aromatic carbocycles. The van der Waals surface area contributed by atoms with E-state index in [9.17, 15) is 19.2 Å².